The van der Waals surface area contributed by atoms with E-state index in [1.54, 1.807) is 42.3 Å². The van der Waals surface area contributed by atoms with Gasteiger partial charge in [-0.25, -0.2) is 0 Å². The van der Waals surface area contributed by atoms with Gasteiger partial charge in [-0.15, -0.1) is 0 Å². The highest BCUT2D eigenvalue weighted by Gasteiger charge is 2.36. The second-order valence-electron chi connectivity index (χ2n) is 11.4. The third-order valence-electron chi connectivity index (χ3n) is 8.23. The fraction of sp³-hybridized carbons (Fsp3) is 0.222. The van der Waals surface area contributed by atoms with Gasteiger partial charge < -0.3 is 25.4 Å². The topological polar surface area (TPSA) is 131 Å². The maximum atomic E-state index is 13.7. The molecule has 4 aromatic carbocycles. The van der Waals surface area contributed by atoms with Crippen LogP contribution in [0.2, 0.25) is 0 Å². The quantitative estimate of drug-likeness (QED) is 0.215. The molecule has 0 fully saturated rings. The molecule has 1 unspecified atom stereocenters. The van der Waals surface area contributed by atoms with E-state index in [1.165, 1.54) is 5.56 Å². The van der Waals surface area contributed by atoms with Gasteiger partial charge in [0.15, 0.2) is 11.5 Å². The molecule has 0 spiro atoms. The Labute approximate surface area is 266 Å². The van der Waals surface area contributed by atoms with Crippen molar-refractivity contribution in [1.82, 2.24) is 4.90 Å². The first kappa shape index (κ1) is 30.4. The molecule has 10 heteroatoms. The second kappa shape index (κ2) is 12.8. The van der Waals surface area contributed by atoms with Crippen molar-refractivity contribution in [3.8, 4) is 11.5 Å². The van der Waals surface area contributed by atoms with Gasteiger partial charge in [0.25, 0.3) is 17.7 Å². The molecule has 2 aliphatic heterocycles. The average molecular weight is 619 g/mol. The summed E-state index contributed by atoms with van der Waals surface area (Å²) < 4.78 is 11.8. The Morgan fingerprint density at radius 1 is 0.848 bits per heavy atom. The van der Waals surface area contributed by atoms with Gasteiger partial charge in [-0.1, -0.05) is 42.5 Å². The largest absolute Gasteiger partial charge is 0.493 e. The summed E-state index contributed by atoms with van der Waals surface area (Å²) in [5, 5.41) is 2.84. The van der Waals surface area contributed by atoms with Crippen LogP contribution < -0.4 is 25.4 Å². The number of fused-ring (bicyclic) bond motifs is 2. The lowest BCUT2D eigenvalue weighted by Gasteiger charge is -2.21. The Kier molecular flexibility index (Phi) is 8.43. The Morgan fingerprint density at radius 3 is 2.39 bits per heavy atom. The van der Waals surface area contributed by atoms with E-state index >= 15 is 0 Å². The van der Waals surface area contributed by atoms with Gasteiger partial charge in [0.2, 0.25) is 5.91 Å². The number of carbonyl (C=O) groups is 4. The Bertz CT molecular complexity index is 1840. The van der Waals surface area contributed by atoms with Crippen LogP contribution in [0.25, 0.3) is 0 Å². The first-order valence-electron chi connectivity index (χ1n) is 15.1. The number of hydrogen-bond acceptors (Lipinski definition) is 7. The minimum Gasteiger partial charge on any atom is -0.493 e. The number of nitrogens with one attached hydrogen (secondary N) is 1. The number of nitrogens with zero attached hydrogens (tertiary/aromatic N) is 2. The van der Waals surface area contributed by atoms with Crippen molar-refractivity contribution >= 4 is 35.0 Å². The molecule has 0 saturated heterocycles. The van der Waals surface area contributed by atoms with Crippen molar-refractivity contribution in [1.29, 1.82) is 0 Å². The number of benzene rings is 4. The average Bonchev–Trinajstić information content (AvgIpc) is 3.51. The van der Waals surface area contributed by atoms with E-state index in [0.29, 0.717) is 40.5 Å². The van der Waals surface area contributed by atoms with Gasteiger partial charge in [-0.3, -0.25) is 24.1 Å². The zero-order valence-corrected chi connectivity index (χ0v) is 25.6. The number of nitrogens with two attached hydrogens (primary N) is 1. The lowest BCUT2D eigenvalue weighted by Crippen LogP contribution is -2.29. The van der Waals surface area contributed by atoms with E-state index in [1.807, 2.05) is 49.4 Å². The summed E-state index contributed by atoms with van der Waals surface area (Å²) in [6.07, 6.45) is 1.61. The van der Waals surface area contributed by atoms with Crippen LogP contribution in [0.1, 0.15) is 61.1 Å². The van der Waals surface area contributed by atoms with Crippen molar-refractivity contribution < 1.29 is 28.7 Å². The molecule has 0 radical (unpaired) electrons. The number of methoxy groups -OCH3 is 1. The third kappa shape index (κ3) is 6.14. The molecule has 3 N–H and O–H groups in total. The van der Waals surface area contributed by atoms with Crippen molar-refractivity contribution in [2.24, 2.45) is 5.73 Å². The summed E-state index contributed by atoms with van der Waals surface area (Å²) in [6, 6.07) is 25.8. The van der Waals surface area contributed by atoms with Gasteiger partial charge in [0.05, 0.1) is 44.0 Å². The van der Waals surface area contributed by atoms with Crippen molar-refractivity contribution in [2.45, 2.75) is 39.0 Å². The molecule has 4 aromatic rings. The van der Waals surface area contributed by atoms with E-state index in [9.17, 15) is 19.2 Å². The molecular weight excluding hydrogens is 584 g/mol. The molecule has 10 nitrogen and oxygen atoms in total. The number of carbonyl (C=O) groups excluding carboxylic acids is 4. The van der Waals surface area contributed by atoms with Crippen LogP contribution >= 0.6 is 0 Å². The van der Waals surface area contributed by atoms with Gasteiger partial charge in [0.1, 0.15) is 0 Å². The lowest BCUT2D eigenvalue weighted by molar-refractivity contribution is -0.116. The molecule has 0 aromatic heterocycles. The maximum absolute atomic E-state index is 13.7. The summed E-state index contributed by atoms with van der Waals surface area (Å²) >= 11 is 0. The van der Waals surface area contributed by atoms with E-state index < -0.39 is 17.7 Å². The molecule has 46 heavy (non-hydrogen) atoms. The number of ether oxygens (including phenoxy) is 2. The predicted molar refractivity (Wildman–Crippen MR) is 173 cm³/mol. The van der Waals surface area contributed by atoms with Gasteiger partial charge in [0, 0.05) is 23.0 Å². The van der Waals surface area contributed by atoms with E-state index in [0.717, 1.165) is 23.3 Å². The molecule has 2 heterocycles. The number of primary amides is 1. The standard InChI is InChI=1S/C36H34N4O6/c1-22(8-9-23-6-4-3-5-7-23)46-32-18-27(13-15-31(32)45-2)39-21-25-11-10-24(16-29(25)35(39)43)20-40-34(42)28-14-12-26(38-19-33(37)41)17-30(28)36(40)44/h3-7,10-18,22,38H,8-9,19-21H2,1-2H3,(H2,37,41). The maximum Gasteiger partial charge on any atom is 0.261 e. The highest BCUT2D eigenvalue weighted by Crippen LogP contribution is 2.37. The monoisotopic (exact) mass is 618 g/mol. The van der Waals surface area contributed by atoms with Crippen LogP contribution in [0.5, 0.6) is 11.5 Å². The van der Waals surface area contributed by atoms with Crippen LogP contribution in [0.3, 0.4) is 0 Å². The molecular formula is C36H34N4O6. The Hall–Kier alpha value is -5.64. The van der Waals surface area contributed by atoms with Crippen LogP contribution in [-0.4, -0.2) is 48.3 Å². The van der Waals surface area contributed by atoms with Crippen molar-refractivity contribution in [2.75, 3.05) is 23.9 Å². The number of anilines is 2. The predicted octanol–water partition coefficient (Wildman–Crippen LogP) is 4.95. The third-order valence-corrected chi connectivity index (χ3v) is 8.23. The number of amides is 4. The zero-order chi connectivity index (χ0) is 32.4. The molecule has 1 atom stereocenters. The minimum absolute atomic E-state index is 0.0123. The molecule has 0 bridgehead atoms. The summed E-state index contributed by atoms with van der Waals surface area (Å²) in [5.41, 5.74) is 10.2. The SMILES string of the molecule is COc1ccc(N2Cc3ccc(CN4C(=O)c5ccc(NCC(N)=O)cc5C4=O)cc3C2=O)cc1OC(C)CCc1ccccc1. The highest BCUT2D eigenvalue weighted by atomic mass is 16.5. The molecule has 0 saturated carbocycles. The first-order valence-corrected chi connectivity index (χ1v) is 15.1. The van der Waals surface area contributed by atoms with E-state index in [-0.39, 0.29) is 36.2 Å². The fourth-order valence-corrected chi connectivity index (χ4v) is 5.79. The highest BCUT2D eigenvalue weighted by molar-refractivity contribution is 6.21. The van der Waals surface area contributed by atoms with Gasteiger partial charge in [-0.05, 0) is 72.9 Å². The van der Waals surface area contributed by atoms with Crippen LogP contribution in [-0.2, 0) is 24.3 Å². The van der Waals surface area contributed by atoms with Gasteiger partial charge in [-0.2, -0.15) is 0 Å². The molecule has 2 aliphatic rings. The first-order chi connectivity index (χ1) is 22.2. The Morgan fingerprint density at radius 2 is 1.63 bits per heavy atom. The van der Waals surface area contributed by atoms with Crippen LogP contribution in [0.15, 0.2) is 84.9 Å². The zero-order valence-electron chi connectivity index (χ0n) is 25.6. The van der Waals surface area contributed by atoms with E-state index in [4.69, 9.17) is 15.2 Å². The van der Waals surface area contributed by atoms with Crippen LogP contribution in [0.4, 0.5) is 11.4 Å². The van der Waals surface area contributed by atoms with Crippen LogP contribution in [0, 0.1) is 0 Å². The minimum atomic E-state index is -0.542. The fourth-order valence-electron chi connectivity index (χ4n) is 5.79. The molecule has 234 valence electrons. The number of aryl methyl sites for hydroxylation is 1. The molecule has 0 aliphatic carbocycles. The van der Waals surface area contributed by atoms with E-state index in [2.05, 4.69) is 17.4 Å². The van der Waals surface area contributed by atoms with Crippen molar-refractivity contribution in [3.63, 3.8) is 0 Å². The summed E-state index contributed by atoms with van der Waals surface area (Å²) in [4.78, 5) is 53.9. The normalized spacial score (nSPS) is 14.3. The summed E-state index contributed by atoms with van der Waals surface area (Å²) in [5.74, 6) is -0.447. The molecule has 6 rings (SSSR count). The smallest absolute Gasteiger partial charge is 0.261 e. The number of rotatable bonds is 12. The number of hydrogen-bond donors (Lipinski definition) is 2. The molecule has 4 amide bonds. The second-order valence-corrected chi connectivity index (χ2v) is 11.4. The number of imide groups is 1. The summed E-state index contributed by atoms with van der Waals surface area (Å²) in [6.45, 7) is 2.31. The van der Waals surface area contributed by atoms with Crippen molar-refractivity contribution in [3.05, 3.63) is 118 Å². The summed E-state index contributed by atoms with van der Waals surface area (Å²) in [7, 11) is 1.59. The lowest BCUT2D eigenvalue weighted by atomic mass is 10.1. The van der Waals surface area contributed by atoms with Gasteiger partial charge >= 0.3 is 0 Å². The Balaban J connectivity index is 1.15.